The third-order valence-electron chi connectivity index (χ3n) is 2.70. The second kappa shape index (κ2) is 6.33. The van der Waals surface area contributed by atoms with Gasteiger partial charge in [-0.25, -0.2) is 4.39 Å². The number of nitrogens with one attached hydrogen (secondary N) is 1. The van der Waals surface area contributed by atoms with E-state index >= 15 is 0 Å². The van der Waals surface area contributed by atoms with E-state index in [0.717, 1.165) is 5.76 Å². The van der Waals surface area contributed by atoms with Crippen molar-refractivity contribution in [3.8, 4) is 0 Å². The van der Waals surface area contributed by atoms with Crippen LogP contribution in [-0.2, 0) is 19.6 Å². The van der Waals surface area contributed by atoms with Gasteiger partial charge in [0.15, 0.2) is 0 Å². The van der Waals surface area contributed by atoms with Crippen molar-refractivity contribution < 1.29 is 13.9 Å². The molecule has 0 aliphatic carbocycles. The van der Waals surface area contributed by atoms with E-state index in [9.17, 15) is 4.39 Å². The Morgan fingerprint density at radius 3 is 2.61 bits per heavy atom. The smallest absolute Gasteiger partial charge is 0.129 e. The molecule has 2 aromatic rings. The zero-order valence-corrected chi connectivity index (χ0v) is 10.0. The van der Waals surface area contributed by atoms with E-state index in [2.05, 4.69) is 5.32 Å². The third-order valence-corrected chi connectivity index (χ3v) is 2.70. The van der Waals surface area contributed by atoms with E-state index < -0.39 is 0 Å². The summed E-state index contributed by atoms with van der Waals surface area (Å²) in [5.74, 6) is 1.16. The van der Waals surface area contributed by atoms with Crippen LogP contribution in [0.2, 0.25) is 0 Å². The molecular weight excluding hydrogens is 233 g/mol. The first-order chi connectivity index (χ1) is 8.79. The van der Waals surface area contributed by atoms with Crippen molar-refractivity contribution in [2.24, 2.45) is 0 Å². The van der Waals surface area contributed by atoms with Crippen molar-refractivity contribution in [3.05, 3.63) is 59.3 Å². The normalized spacial score (nSPS) is 10.8. The average Bonchev–Trinajstić information content (AvgIpc) is 2.84. The molecule has 2 N–H and O–H groups in total. The maximum atomic E-state index is 13.3. The molecule has 0 amide bonds. The summed E-state index contributed by atoms with van der Waals surface area (Å²) in [6.45, 7) is 1.17. The van der Waals surface area contributed by atoms with Gasteiger partial charge in [0.05, 0.1) is 6.54 Å². The SMILES string of the molecule is OCc1ccc(CNCCc2ccccc2F)o1. The van der Waals surface area contributed by atoms with E-state index in [1.807, 2.05) is 12.1 Å². The first kappa shape index (κ1) is 12.8. The number of hydrogen-bond donors (Lipinski definition) is 2. The van der Waals surface area contributed by atoms with E-state index in [0.29, 0.717) is 30.8 Å². The number of aliphatic hydroxyl groups is 1. The van der Waals surface area contributed by atoms with Gasteiger partial charge in [0, 0.05) is 0 Å². The second-order valence-corrected chi connectivity index (χ2v) is 4.04. The topological polar surface area (TPSA) is 45.4 Å². The van der Waals surface area contributed by atoms with Crippen LogP contribution in [0, 0.1) is 5.82 Å². The lowest BCUT2D eigenvalue weighted by atomic mass is 10.1. The van der Waals surface area contributed by atoms with E-state index in [-0.39, 0.29) is 12.4 Å². The van der Waals surface area contributed by atoms with Crippen molar-refractivity contribution >= 4 is 0 Å². The molecule has 0 aliphatic rings. The Morgan fingerprint density at radius 1 is 1.11 bits per heavy atom. The maximum absolute atomic E-state index is 13.3. The van der Waals surface area contributed by atoms with E-state index in [1.165, 1.54) is 6.07 Å². The molecule has 18 heavy (non-hydrogen) atoms. The van der Waals surface area contributed by atoms with Crippen molar-refractivity contribution in [1.29, 1.82) is 0 Å². The predicted octanol–water partition coefficient (Wildman–Crippen LogP) is 2.24. The average molecular weight is 249 g/mol. The molecule has 0 radical (unpaired) electrons. The van der Waals surface area contributed by atoms with Gasteiger partial charge < -0.3 is 14.8 Å². The quantitative estimate of drug-likeness (QED) is 0.772. The molecule has 0 spiro atoms. The Kier molecular flexibility index (Phi) is 4.50. The molecule has 0 unspecified atom stereocenters. The lowest BCUT2D eigenvalue weighted by molar-refractivity contribution is 0.243. The Balaban J connectivity index is 1.74. The van der Waals surface area contributed by atoms with Crippen LogP contribution in [-0.4, -0.2) is 11.7 Å². The fourth-order valence-electron chi connectivity index (χ4n) is 1.74. The molecular formula is C14H16FNO2. The largest absolute Gasteiger partial charge is 0.462 e. The van der Waals surface area contributed by atoms with Gasteiger partial charge in [-0.2, -0.15) is 0 Å². The van der Waals surface area contributed by atoms with Crippen molar-refractivity contribution in [1.82, 2.24) is 5.32 Å². The van der Waals surface area contributed by atoms with Crippen LogP contribution in [0.1, 0.15) is 17.1 Å². The second-order valence-electron chi connectivity index (χ2n) is 4.04. The highest BCUT2D eigenvalue weighted by Gasteiger charge is 2.02. The van der Waals surface area contributed by atoms with E-state index in [4.69, 9.17) is 9.52 Å². The van der Waals surface area contributed by atoms with E-state index in [1.54, 1.807) is 18.2 Å². The number of aliphatic hydroxyl groups excluding tert-OH is 1. The summed E-state index contributed by atoms with van der Waals surface area (Å²) in [7, 11) is 0. The number of rotatable bonds is 6. The van der Waals surface area contributed by atoms with Gasteiger partial charge in [-0.3, -0.25) is 0 Å². The number of benzene rings is 1. The summed E-state index contributed by atoms with van der Waals surface area (Å²) in [4.78, 5) is 0. The first-order valence-corrected chi connectivity index (χ1v) is 5.92. The van der Waals surface area contributed by atoms with Crippen LogP contribution in [0.5, 0.6) is 0 Å². The van der Waals surface area contributed by atoms with Crippen LogP contribution in [0.25, 0.3) is 0 Å². The summed E-state index contributed by atoms with van der Waals surface area (Å²) < 4.78 is 18.6. The Hall–Kier alpha value is -1.65. The molecule has 96 valence electrons. The first-order valence-electron chi connectivity index (χ1n) is 5.92. The van der Waals surface area contributed by atoms with Crippen molar-refractivity contribution in [2.45, 2.75) is 19.6 Å². The zero-order valence-electron chi connectivity index (χ0n) is 10.0. The Morgan fingerprint density at radius 2 is 1.89 bits per heavy atom. The Labute approximate surface area is 105 Å². The van der Waals surface area contributed by atoms with Crippen molar-refractivity contribution in [3.63, 3.8) is 0 Å². The summed E-state index contributed by atoms with van der Waals surface area (Å²) in [6, 6.07) is 10.3. The summed E-state index contributed by atoms with van der Waals surface area (Å²) >= 11 is 0. The van der Waals surface area contributed by atoms with Gasteiger partial charge in [0.25, 0.3) is 0 Å². The molecule has 1 aromatic heterocycles. The highest BCUT2D eigenvalue weighted by Crippen LogP contribution is 2.08. The molecule has 4 heteroatoms. The summed E-state index contributed by atoms with van der Waals surface area (Å²) in [6.07, 6.45) is 0.639. The lowest BCUT2D eigenvalue weighted by Gasteiger charge is -2.04. The molecule has 0 atom stereocenters. The minimum Gasteiger partial charge on any atom is -0.462 e. The third kappa shape index (κ3) is 3.42. The summed E-state index contributed by atoms with van der Waals surface area (Å²) in [5.41, 5.74) is 0.709. The van der Waals surface area contributed by atoms with Crippen LogP contribution in [0.4, 0.5) is 4.39 Å². The van der Waals surface area contributed by atoms with Crippen LogP contribution in [0.3, 0.4) is 0 Å². The van der Waals surface area contributed by atoms with Crippen LogP contribution >= 0.6 is 0 Å². The zero-order chi connectivity index (χ0) is 12.8. The molecule has 0 aliphatic heterocycles. The van der Waals surface area contributed by atoms with Gasteiger partial charge in [-0.15, -0.1) is 0 Å². The highest BCUT2D eigenvalue weighted by molar-refractivity contribution is 5.17. The van der Waals surface area contributed by atoms with Gasteiger partial charge in [0.2, 0.25) is 0 Å². The lowest BCUT2D eigenvalue weighted by Crippen LogP contribution is -2.16. The standard InChI is InChI=1S/C14H16FNO2/c15-14-4-2-1-3-11(14)7-8-16-9-12-5-6-13(10-17)18-12/h1-6,16-17H,7-10H2. The Bertz CT molecular complexity index is 496. The minimum absolute atomic E-state index is 0.0881. The molecule has 0 fully saturated rings. The molecule has 1 heterocycles. The molecule has 2 rings (SSSR count). The fourth-order valence-corrected chi connectivity index (χ4v) is 1.74. The van der Waals surface area contributed by atoms with Gasteiger partial charge in [-0.1, -0.05) is 18.2 Å². The maximum Gasteiger partial charge on any atom is 0.129 e. The molecule has 0 bridgehead atoms. The van der Waals surface area contributed by atoms with Crippen molar-refractivity contribution in [2.75, 3.05) is 6.54 Å². The molecule has 0 saturated carbocycles. The molecule has 0 saturated heterocycles. The van der Waals surface area contributed by atoms with Crippen LogP contribution < -0.4 is 5.32 Å². The van der Waals surface area contributed by atoms with Gasteiger partial charge in [-0.05, 0) is 36.7 Å². The summed E-state index contributed by atoms with van der Waals surface area (Å²) in [5, 5.41) is 12.0. The molecule has 1 aromatic carbocycles. The number of halogens is 1. The van der Waals surface area contributed by atoms with Gasteiger partial charge in [0.1, 0.15) is 23.9 Å². The fraction of sp³-hybridized carbons (Fsp3) is 0.286. The number of hydrogen-bond acceptors (Lipinski definition) is 3. The number of furan rings is 1. The predicted molar refractivity (Wildman–Crippen MR) is 66.4 cm³/mol. The monoisotopic (exact) mass is 249 g/mol. The molecule has 3 nitrogen and oxygen atoms in total. The highest BCUT2D eigenvalue weighted by atomic mass is 19.1. The van der Waals surface area contributed by atoms with Gasteiger partial charge >= 0.3 is 0 Å². The minimum atomic E-state index is -0.167. The van der Waals surface area contributed by atoms with Crippen LogP contribution in [0.15, 0.2) is 40.8 Å².